The molecule has 2 aromatic rings. The van der Waals surface area contributed by atoms with Gasteiger partial charge < -0.3 is 24.1 Å². The van der Waals surface area contributed by atoms with Crippen molar-refractivity contribution in [3.05, 3.63) is 71.8 Å². The smallest absolute Gasteiger partial charge is 0.186 e. The average molecular weight is 457 g/mol. The van der Waals surface area contributed by atoms with E-state index >= 15 is 0 Å². The van der Waals surface area contributed by atoms with Crippen molar-refractivity contribution in [3.63, 3.8) is 0 Å². The Hall–Kier alpha value is -1.76. The van der Waals surface area contributed by atoms with E-state index in [1.165, 1.54) is 25.7 Å². The summed E-state index contributed by atoms with van der Waals surface area (Å²) in [6, 6.07) is 20.1. The van der Waals surface area contributed by atoms with Gasteiger partial charge in [-0.2, -0.15) is 0 Å². The maximum Gasteiger partial charge on any atom is 0.186 e. The largest absolute Gasteiger partial charge is 0.391 e. The zero-order valence-corrected chi connectivity index (χ0v) is 20.1. The van der Waals surface area contributed by atoms with Crippen molar-refractivity contribution in [1.29, 1.82) is 0 Å². The molecule has 3 rings (SSSR count). The highest BCUT2D eigenvalue weighted by atomic mass is 16.7. The Bertz CT molecular complexity index is 751. The van der Waals surface area contributed by atoms with Gasteiger partial charge in [-0.05, 0) is 24.5 Å². The van der Waals surface area contributed by atoms with Gasteiger partial charge in [-0.1, -0.05) is 99.7 Å². The molecule has 1 fully saturated rings. The van der Waals surface area contributed by atoms with E-state index in [4.69, 9.17) is 18.9 Å². The first-order valence-corrected chi connectivity index (χ1v) is 12.4. The molecule has 0 saturated carbocycles. The van der Waals surface area contributed by atoms with Crippen LogP contribution in [0.2, 0.25) is 0 Å². The van der Waals surface area contributed by atoms with Crippen LogP contribution in [0.15, 0.2) is 60.7 Å². The number of benzene rings is 2. The van der Waals surface area contributed by atoms with Crippen LogP contribution in [0.5, 0.6) is 0 Å². The van der Waals surface area contributed by atoms with Crippen LogP contribution >= 0.6 is 0 Å². The zero-order chi connectivity index (χ0) is 23.3. The molecule has 0 unspecified atom stereocenters. The lowest BCUT2D eigenvalue weighted by atomic mass is 10.1. The van der Waals surface area contributed by atoms with Crippen molar-refractivity contribution < 1.29 is 24.1 Å². The molecule has 0 radical (unpaired) electrons. The zero-order valence-electron chi connectivity index (χ0n) is 20.1. The number of aliphatic hydroxyl groups excluding tert-OH is 1. The average Bonchev–Trinajstić information content (AvgIpc) is 3.19. The first-order valence-electron chi connectivity index (χ1n) is 12.4. The summed E-state index contributed by atoms with van der Waals surface area (Å²) in [7, 11) is 0. The number of ether oxygens (including phenoxy) is 4. The number of hydrogen-bond donors (Lipinski definition) is 1. The fourth-order valence-corrected chi connectivity index (χ4v) is 4.15. The Morgan fingerprint density at radius 1 is 0.758 bits per heavy atom. The molecular formula is C28H40O5. The third-order valence-electron chi connectivity index (χ3n) is 6.03. The Balaban J connectivity index is 1.62. The molecule has 0 bridgehead atoms. The molecule has 1 saturated heterocycles. The molecule has 0 aromatic heterocycles. The van der Waals surface area contributed by atoms with Crippen molar-refractivity contribution >= 4 is 0 Å². The predicted molar refractivity (Wildman–Crippen MR) is 130 cm³/mol. The molecule has 182 valence electrons. The quantitative estimate of drug-likeness (QED) is 0.352. The molecule has 33 heavy (non-hydrogen) atoms. The normalized spacial score (nSPS) is 23.6. The second kappa shape index (κ2) is 14.5. The van der Waals surface area contributed by atoms with Gasteiger partial charge in [0.05, 0.1) is 19.3 Å². The lowest BCUT2D eigenvalue weighted by Crippen LogP contribution is -2.41. The fraction of sp³-hybridized carbons (Fsp3) is 0.571. The Morgan fingerprint density at radius 3 is 1.88 bits per heavy atom. The van der Waals surface area contributed by atoms with Crippen LogP contribution < -0.4 is 0 Å². The van der Waals surface area contributed by atoms with Gasteiger partial charge in [0.1, 0.15) is 18.3 Å². The van der Waals surface area contributed by atoms with Crippen LogP contribution in [0.25, 0.3) is 0 Å². The highest BCUT2D eigenvalue weighted by Gasteiger charge is 2.49. The fourth-order valence-electron chi connectivity index (χ4n) is 4.15. The highest BCUT2D eigenvalue weighted by molar-refractivity contribution is 5.14. The molecule has 1 N–H and O–H groups in total. The van der Waals surface area contributed by atoms with Crippen LogP contribution in [0.1, 0.15) is 63.5 Å². The summed E-state index contributed by atoms with van der Waals surface area (Å²) < 4.78 is 24.9. The van der Waals surface area contributed by atoms with Gasteiger partial charge in [0.2, 0.25) is 0 Å². The third kappa shape index (κ3) is 8.51. The van der Waals surface area contributed by atoms with Crippen LogP contribution in [0.3, 0.4) is 0 Å². The van der Waals surface area contributed by atoms with E-state index in [-0.39, 0.29) is 0 Å². The minimum absolute atomic E-state index is 0.423. The van der Waals surface area contributed by atoms with E-state index in [0.29, 0.717) is 19.8 Å². The Labute approximate surface area is 199 Å². The molecular weight excluding hydrogens is 416 g/mol. The van der Waals surface area contributed by atoms with Crippen molar-refractivity contribution in [3.8, 4) is 0 Å². The van der Waals surface area contributed by atoms with E-state index < -0.39 is 30.7 Å². The molecule has 0 spiro atoms. The van der Waals surface area contributed by atoms with E-state index in [1.807, 2.05) is 60.7 Å². The van der Waals surface area contributed by atoms with Gasteiger partial charge in [-0.3, -0.25) is 0 Å². The van der Waals surface area contributed by atoms with Crippen LogP contribution in [0.4, 0.5) is 0 Å². The summed E-state index contributed by atoms with van der Waals surface area (Å²) >= 11 is 0. The molecule has 5 nitrogen and oxygen atoms in total. The van der Waals surface area contributed by atoms with Crippen LogP contribution in [-0.4, -0.2) is 42.4 Å². The summed E-state index contributed by atoms with van der Waals surface area (Å²) in [5.41, 5.74) is 2.15. The molecule has 5 heteroatoms. The molecule has 0 amide bonds. The summed E-state index contributed by atoms with van der Waals surface area (Å²) in [6.07, 6.45) is 4.56. The second-order valence-corrected chi connectivity index (χ2v) is 8.87. The minimum atomic E-state index is -0.698. The first kappa shape index (κ1) is 25.9. The monoisotopic (exact) mass is 456 g/mol. The summed E-state index contributed by atoms with van der Waals surface area (Å²) in [5.74, 6) is 0. The van der Waals surface area contributed by atoms with E-state index in [0.717, 1.165) is 24.0 Å². The topological polar surface area (TPSA) is 57.2 Å². The van der Waals surface area contributed by atoms with E-state index in [9.17, 15) is 5.11 Å². The number of rotatable bonds is 15. The maximum absolute atomic E-state index is 10.4. The van der Waals surface area contributed by atoms with Crippen LogP contribution in [0, 0.1) is 0 Å². The minimum Gasteiger partial charge on any atom is -0.391 e. The van der Waals surface area contributed by atoms with Crippen molar-refractivity contribution in [1.82, 2.24) is 0 Å². The summed E-state index contributed by atoms with van der Waals surface area (Å²) in [5, 5.41) is 10.4. The number of hydrogen-bond acceptors (Lipinski definition) is 5. The van der Waals surface area contributed by atoms with Gasteiger partial charge in [0, 0.05) is 6.61 Å². The lowest BCUT2D eigenvalue weighted by molar-refractivity contribution is -0.188. The predicted octanol–water partition coefficient (Wildman–Crippen LogP) is 5.64. The van der Waals surface area contributed by atoms with Gasteiger partial charge in [-0.25, -0.2) is 0 Å². The summed E-state index contributed by atoms with van der Waals surface area (Å²) in [4.78, 5) is 0. The van der Waals surface area contributed by atoms with Crippen LogP contribution in [-0.2, 0) is 32.2 Å². The molecule has 0 aliphatic carbocycles. The third-order valence-corrected chi connectivity index (χ3v) is 6.03. The van der Waals surface area contributed by atoms with Gasteiger partial charge in [-0.15, -0.1) is 0 Å². The molecule has 2 aromatic carbocycles. The SMILES string of the molecule is CCCCCCCCO[C@@H]1O[C@@H]([C@@H](C)O)[C@H](OCc2ccccc2)[C@H]1OCc1ccccc1. The Morgan fingerprint density at radius 2 is 1.30 bits per heavy atom. The summed E-state index contributed by atoms with van der Waals surface area (Å²) in [6.45, 7) is 5.43. The second-order valence-electron chi connectivity index (χ2n) is 8.87. The number of unbranched alkanes of at least 4 members (excludes halogenated alkanes) is 5. The van der Waals surface area contributed by atoms with Crippen molar-refractivity contribution in [2.24, 2.45) is 0 Å². The first-order chi connectivity index (χ1) is 16.2. The molecule has 1 heterocycles. The Kier molecular flexibility index (Phi) is 11.4. The standard InChI is InChI=1S/C28H40O5/c1-3-4-5-6-7-14-19-30-28-27(32-21-24-17-12-9-13-18-24)26(25(33-28)22(2)29)31-20-23-15-10-8-11-16-23/h8-13,15-18,22,25-29H,3-7,14,19-21H2,1-2H3/t22-,25+,26+,27-,28-/m1/s1. The lowest BCUT2D eigenvalue weighted by Gasteiger charge is -2.25. The van der Waals surface area contributed by atoms with Gasteiger partial charge in [0.25, 0.3) is 0 Å². The van der Waals surface area contributed by atoms with Gasteiger partial charge >= 0.3 is 0 Å². The van der Waals surface area contributed by atoms with E-state index in [2.05, 4.69) is 6.92 Å². The molecule has 5 atom stereocenters. The molecule has 1 aliphatic heterocycles. The highest BCUT2D eigenvalue weighted by Crippen LogP contribution is 2.31. The molecule has 1 aliphatic rings. The van der Waals surface area contributed by atoms with Crippen molar-refractivity contribution in [2.75, 3.05) is 6.61 Å². The van der Waals surface area contributed by atoms with Crippen molar-refractivity contribution in [2.45, 2.75) is 96.3 Å². The van der Waals surface area contributed by atoms with E-state index in [1.54, 1.807) is 6.92 Å². The maximum atomic E-state index is 10.4. The number of aliphatic hydroxyl groups is 1. The van der Waals surface area contributed by atoms with Gasteiger partial charge in [0.15, 0.2) is 6.29 Å².